The van der Waals surface area contributed by atoms with Crippen LogP contribution in [0, 0.1) is 0 Å². The molecule has 1 aromatic heterocycles. The molecule has 0 saturated carbocycles. The van der Waals surface area contributed by atoms with Gasteiger partial charge in [-0.1, -0.05) is 12.1 Å². The molecule has 1 aliphatic rings. The van der Waals surface area contributed by atoms with Gasteiger partial charge in [0.2, 0.25) is 5.88 Å². The third-order valence-electron chi connectivity index (χ3n) is 4.21. The van der Waals surface area contributed by atoms with Crippen molar-refractivity contribution in [2.75, 3.05) is 32.5 Å². The second kappa shape index (κ2) is 7.88. The lowest BCUT2D eigenvalue weighted by Gasteiger charge is -2.34. The van der Waals surface area contributed by atoms with Crippen molar-refractivity contribution < 1.29 is 9.53 Å². The van der Waals surface area contributed by atoms with Crippen molar-refractivity contribution in [3.05, 3.63) is 48.7 Å². The predicted octanol–water partition coefficient (Wildman–Crippen LogP) is 3.43. The van der Waals surface area contributed by atoms with E-state index in [1.807, 2.05) is 47.4 Å². The highest BCUT2D eigenvalue weighted by Gasteiger charge is 2.23. The fourth-order valence-electron chi connectivity index (χ4n) is 2.91. The number of urea groups is 1. The number of carbonyl (C=O) groups excluding carboxylic acids is 1. The summed E-state index contributed by atoms with van der Waals surface area (Å²) in [7, 11) is 3.58. The number of likely N-dealkylation sites (tertiary alicyclic amines) is 1. The number of nitrogens with zero attached hydrogens (tertiary/aromatic N) is 3. The minimum atomic E-state index is 0.0872. The Morgan fingerprint density at radius 1 is 1.20 bits per heavy atom. The van der Waals surface area contributed by atoms with Crippen LogP contribution in [0.2, 0.25) is 0 Å². The summed E-state index contributed by atoms with van der Waals surface area (Å²) in [5.74, 6) is 1.33. The minimum absolute atomic E-state index is 0.0872. The third-order valence-corrected chi connectivity index (χ3v) is 4.21. The molecule has 0 atom stereocenters. The van der Waals surface area contributed by atoms with Gasteiger partial charge in [0.15, 0.2) is 0 Å². The maximum absolute atomic E-state index is 12.0. The van der Waals surface area contributed by atoms with Crippen LogP contribution in [-0.4, -0.2) is 54.0 Å². The quantitative estimate of drug-likeness (QED) is 0.926. The van der Waals surface area contributed by atoms with E-state index >= 15 is 0 Å². The number of hydrogen-bond acceptors (Lipinski definition) is 4. The number of hydrogen-bond donors (Lipinski definition) is 1. The number of rotatable bonds is 4. The number of aromatic nitrogens is 1. The molecular formula is C19H24N4O2. The number of carbonyl (C=O) groups is 1. The third kappa shape index (κ3) is 4.62. The van der Waals surface area contributed by atoms with Gasteiger partial charge in [-0.25, -0.2) is 9.78 Å². The topological polar surface area (TPSA) is 57.7 Å². The van der Waals surface area contributed by atoms with E-state index in [0.717, 1.165) is 37.4 Å². The molecule has 132 valence electrons. The molecule has 1 aliphatic heterocycles. The van der Waals surface area contributed by atoms with E-state index in [1.165, 1.54) is 0 Å². The first-order valence-electron chi connectivity index (χ1n) is 8.53. The molecule has 25 heavy (non-hydrogen) atoms. The SMILES string of the molecule is CN(C)C(=O)N1CCC(Nc2cccc(Oc3ccccn3)c2)CC1. The normalized spacial score (nSPS) is 14.9. The predicted molar refractivity (Wildman–Crippen MR) is 98.1 cm³/mol. The van der Waals surface area contributed by atoms with Crippen LogP contribution in [0.5, 0.6) is 11.6 Å². The standard InChI is InChI=1S/C19H24N4O2/c1-22(2)19(24)23-12-9-15(10-13-23)21-16-6-5-7-17(14-16)25-18-8-3-4-11-20-18/h3-8,11,14-15,21H,9-10,12-13H2,1-2H3. The van der Waals surface area contributed by atoms with Crippen molar-refractivity contribution in [1.82, 2.24) is 14.8 Å². The molecule has 6 heteroatoms. The van der Waals surface area contributed by atoms with Gasteiger partial charge in [0.05, 0.1) is 0 Å². The Labute approximate surface area is 148 Å². The second-order valence-corrected chi connectivity index (χ2v) is 6.38. The Bertz CT molecular complexity index is 698. The van der Waals surface area contributed by atoms with Gasteiger partial charge in [-0.05, 0) is 31.0 Å². The first-order valence-corrected chi connectivity index (χ1v) is 8.53. The second-order valence-electron chi connectivity index (χ2n) is 6.38. The molecule has 1 saturated heterocycles. The smallest absolute Gasteiger partial charge is 0.319 e. The van der Waals surface area contributed by atoms with Gasteiger partial charge >= 0.3 is 6.03 Å². The Balaban J connectivity index is 1.55. The lowest BCUT2D eigenvalue weighted by atomic mass is 10.0. The highest BCUT2D eigenvalue weighted by Crippen LogP contribution is 2.24. The van der Waals surface area contributed by atoms with Gasteiger partial charge in [0, 0.05) is 57.2 Å². The molecular weight excluding hydrogens is 316 g/mol. The Hall–Kier alpha value is -2.76. The molecule has 3 rings (SSSR count). The molecule has 6 nitrogen and oxygen atoms in total. The molecule has 1 N–H and O–H groups in total. The Kier molecular flexibility index (Phi) is 5.38. The van der Waals surface area contributed by atoms with Crippen LogP contribution >= 0.6 is 0 Å². The number of piperidine rings is 1. The molecule has 0 aliphatic carbocycles. The molecule has 0 spiro atoms. The van der Waals surface area contributed by atoms with Crippen molar-refractivity contribution in [2.45, 2.75) is 18.9 Å². The molecule has 0 unspecified atom stereocenters. The molecule has 2 aromatic rings. The number of pyridine rings is 1. The Morgan fingerprint density at radius 3 is 2.68 bits per heavy atom. The lowest BCUT2D eigenvalue weighted by Crippen LogP contribution is -2.46. The number of anilines is 1. The number of ether oxygens (including phenoxy) is 1. The summed E-state index contributed by atoms with van der Waals surface area (Å²) in [6.45, 7) is 1.55. The zero-order valence-corrected chi connectivity index (χ0v) is 14.7. The summed E-state index contributed by atoms with van der Waals surface area (Å²) < 4.78 is 5.77. The van der Waals surface area contributed by atoms with Crippen molar-refractivity contribution in [2.24, 2.45) is 0 Å². The maximum atomic E-state index is 12.0. The summed E-state index contributed by atoms with van der Waals surface area (Å²) in [4.78, 5) is 19.7. The maximum Gasteiger partial charge on any atom is 0.319 e. The van der Waals surface area contributed by atoms with Crippen LogP contribution in [0.15, 0.2) is 48.7 Å². The van der Waals surface area contributed by atoms with Crippen LogP contribution < -0.4 is 10.1 Å². The van der Waals surface area contributed by atoms with E-state index in [0.29, 0.717) is 11.9 Å². The van der Waals surface area contributed by atoms with Gasteiger partial charge in [0.1, 0.15) is 5.75 Å². The molecule has 1 aromatic carbocycles. The average Bonchev–Trinajstić information content (AvgIpc) is 2.63. The van der Waals surface area contributed by atoms with Crippen LogP contribution in [0.3, 0.4) is 0 Å². The van der Waals surface area contributed by atoms with Crippen LogP contribution in [0.1, 0.15) is 12.8 Å². The van der Waals surface area contributed by atoms with E-state index in [4.69, 9.17) is 4.74 Å². The summed E-state index contributed by atoms with van der Waals surface area (Å²) in [6, 6.07) is 13.9. The summed E-state index contributed by atoms with van der Waals surface area (Å²) in [5, 5.41) is 3.54. The fourth-order valence-corrected chi connectivity index (χ4v) is 2.91. The van der Waals surface area contributed by atoms with Crippen molar-refractivity contribution in [3.8, 4) is 11.6 Å². The average molecular weight is 340 g/mol. The molecule has 0 radical (unpaired) electrons. The highest BCUT2D eigenvalue weighted by molar-refractivity contribution is 5.73. The largest absolute Gasteiger partial charge is 0.439 e. The van der Waals surface area contributed by atoms with Crippen molar-refractivity contribution in [3.63, 3.8) is 0 Å². The number of nitrogens with one attached hydrogen (secondary N) is 1. The van der Waals surface area contributed by atoms with Gasteiger partial charge in [-0.2, -0.15) is 0 Å². The molecule has 0 bridgehead atoms. The first-order chi connectivity index (χ1) is 12.1. The minimum Gasteiger partial charge on any atom is -0.439 e. The Morgan fingerprint density at radius 2 is 2.00 bits per heavy atom. The fraction of sp³-hybridized carbons (Fsp3) is 0.368. The monoisotopic (exact) mass is 340 g/mol. The van der Waals surface area contributed by atoms with E-state index < -0.39 is 0 Å². The van der Waals surface area contributed by atoms with Crippen LogP contribution in [0.4, 0.5) is 10.5 Å². The summed E-state index contributed by atoms with van der Waals surface area (Å²) in [5.41, 5.74) is 1.02. The molecule has 2 amide bonds. The van der Waals surface area contributed by atoms with Crippen LogP contribution in [0.25, 0.3) is 0 Å². The van der Waals surface area contributed by atoms with E-state index in [-0.39, 0.29) is 6.03 Å². The zero-order valence-electron chi connectivity index (χ0n) is 14.7. The van der Waals surface area contributed by atoms with Crippen molar-refractivity contribution >= 4 is 11.7 Å². The van der Waals surface area contributed by atoms with Gasteiger partial charge < -0.3 is 19.9 Å². The summed E-state index contributed by atoms with van der Waals surface area (Å²) >= 11 is 0. The van der Waals surface area contributed by atoms with E-state index in [9.17, 15) is 4.79 Å². The molecule has 1 fully saturated rings. The van der Waals surface area contributed by atoms with Crippen molar-refractivity contribution in [1.29, 1.82) is 0 Å². The van der Waals surface area contributed by atoms with E-state index in [1.54, 1.807) is 25.2 Å². The lowest BCUT2D eigenvalue weighted by molar-refractivity contribution is 0.158. The zero-order chi connectivity index (χ0) is 17.6. The molecule has 2 heterocycles. The first kappa shape index (κ1) is 17.1. The highest BCUT2D eigenvalue weighted by atomic mass is 16.5. The number of benzene rings is 1. The van der Waals surface area contributed by atoms with Gasteiger partial charge in [-0.3, -0.25) is 0 Å². The van der Waals surface area contributed by atoms with Gasteiger partial charge in [0.25, 0.3) is 0 Å². The number of amides is 2. The van der Waals surface area contributed by atoms with E-state index in [2.05, 4.69) is 10.3 Å². The summed E-state index contributed by atoms with van der Waals surface area (Å²) in [6.07, 6.45) is 3.58. The van der Waals surface area contributed by atoms with Gasteiger partial charge in [-0.15, -0.1) is 0 Å². The van der Waals surface area contributed by atoms with Crippen LogP contribution in [-0.2, 0) is 0 Å².